The molecule has 1 heterocycles. The van der Waals surface area contributed by atoms with Crippen LogP contribution in [-0.4, -0.2) is 64.8 Å². The van der Waals surface area contributed by atoms with Gasteiger partial charge in [0.2, 0.25) is 10.0 Å². The molecule has 1 fully saturated rings. The number of ether oxygens (including phenoxy) is 1. The maximum atomic E-state index is 12.9. The average Bonchev–Trinajstić information content (AvgIpc) is 2.74. The lowest BCUT2D eigenvalue weighted by Gasteiger charge is -2.38. The first-order valence-corrected chi connectivity index (χ1v) is 12.2. The second kappa shape index (κ2) is 9.18. The summed E-state index contributed by atoms with van der Waals surface area (Å²) in [5, 5.41) is 0. The van der Waals surface area contributed by atoms with E-state index in [0.29, 0.717) is 24.5 Å². The summed E-state index contributed by atoms with van der Waals surface area (Å²) in [5.74, 6) is 0.485. The van der Waals surface area contributed by atoms with E-state index < -0.39 is 16.1 Å². The van der Waals surface area contributed by atoms with Crippen LogP contribution in [0, 0.1) is 13.8 Å². The quantitative estimate of drug-likeness (QED) is 0.684. The molecule has 3 rings (SSSR count). The molecule has 1 amide bonds. The molecule has 1 saturated heterocycles. The van der Waals surface area contributed by atoms with Gasteiger partial charge < -0.3 is 14.5 Å². The van der Waals surface area contributed by atoms with Crippen LogP contribution in [0.25, 0.3) is 0 Å². The van der Waals surface area contributed by atoms with Crippen LogP contribution in [0.3, 0.4) is 0 Å². The predicted molar refractivity (Wildman–Crippen MR) is 124 cm³/mol. The highest BCUT2D eigenvalue weighted by atomic mass is 32.2. The molecule has 0 aromatic heterocycles. The minimum atomic E-state index is -3.32. The summed E-state index contributed by atoms with van der Waals surface area (Å²) in [5.41, 5.74) is 4.32. The van der Waals surface area contributed by atoms with E-state index in [4.69, 9.17) is 4.74 Å². The molecule has 0 bridgehead atoms. The molecule has 31 heavy (non-hydrogen) atoms. The molecule has 0 aliphatic carbocycles. The van der Waals surface area contributed by atoms with Crippen molar-refractivity contribution in [2.24, 2.45) is 0 Å². The Morgan fingerprint density at radius 3 is 2.23 bits per heavy atom. The van der Waals surface area contributed by atoms with Gasteiger partial charge in [-0.3, -0.25) is 9.10 Å². The third-order valence-corrected chi connectivity index (χ3v) is 7.07. The van der Waals surface area contributed by atoms with E-state index in [2.05, 4.69) is 36.9 Å². The maximum absolute atomic E-state index is 12.9. The zero-order valence-corrected chi connectivity index (χ0v) is 19.6. The average molecular weight is 446 g/mol. The van der Waals surface area contributed by atoms with Crippen molar-refractivity contribution in [1.82, 2.24) is 4.90 Å². The van der Waals surface area contributed by atoms with E-state index in [0.717, 1.165) is 19.3 Å². The Morgan fingerprint density at radius 1 is 1.03 bits per heavy atom. The first kappa shape index (κ1) is 22.9. The summed E-state index contributed by atoms with van der Waals surface area (Å²) >= 11 is 0. The molecule has 2 aromatic rings. The van der Waals surface area contributed by atoms with Gasteiger partial charge in [-0.25, -0.2) is 8.42 Å². The van der Waals surface area contributed by atoms with Crippen LogP contribution < -0.4 is 13.9 Å². The fraction of sp³-hybridized carbons (Fsp3) is 0.435. The number of carbonyl (C=O) groups excluding carboxylic acids is 1. The van der Waals surface area contributed by atoms with Crippen molar-refractivity contribution in [3.8, 4) is 5.75 Å². The highest BCUT2D eigenvalue weighted by molar-refractivity contribution is 7.92. The summed E-state index contributed by atoms with van der Waals surface area (Å²) < 4.78 is 30.3. The molecule has 0 unspecified atom stereocenters. The van der Waals surface area contributed by atoms with Crippen LogP contribution >= 0.6 is 0 Å². The number of anilines is 2. The molecule has 0 radical (unpaired) electrons. The van der Waals surface area contributed by atoms with Crippen molar-refractivity contribution in [3.05, 3.63) is 53.6 Å². The van der Waals surface area contributed by atoms with Crippen molar-refractivity contribution in [1.29, 1.82) is 0 Å². The molecule has 7 nitrogen and oxygen atoms in total. The van der Waals surface area contributed by atoms with E-state index in [9.17, 15) is 13.2 Å². The molecule has 168 valence electrons. The Kier molecular flexibility index (Phi) is 6.79. The van der Waals surface area contributed by atoms with Gasteiger partial charge >= 0.3 is 0 Å². The molecular weight excluding hydrogens is 414 g/mol. The Labute approximate surface area is 185 Å². The first-order chi connectivity index (χ1) is 14.6. The van der Waals surface area contributed by atoms with E-state index in [-0.39, 0.29) is 5.91 Å². The minimum absolute atomic E-state index is 0.0436. The largest absolute Gasteiger partial charge is 0.481 e. The number of nitrogens with zero attached hydrogens (tertiary/aromatic N) is 3. The molecule has 0 saturated carbocycles. The first-order valence-electron chi connectivity index (χ1n) is 10.4. The lowest BCUT2D eigenvalue weighted by atomic mass is 10.1. The maximum Gasteiger partial charge on any atom is 0.263 e. The standard InChI is InChI=1S/C23H31N3O4S/c1-17-7-6-8-22(18(17)2)25-13-15-26(16-14-25)23(27)19(3)30-21-11-9-20(10-12-21)24(4)31(5,28)29/h6-12,19H,13-16H2,1-5H3/t19-/m1/s1. The van der Waals surface area contributed by atoms with Crippen molar-refractivity contribution in [2.45, 2.75) is 26.9 Å². The van der Waals surface area contributed by atoms with Gasteiger partial charge in [-0.05, 0) is 62.2 Å². The lowest BCUT2D eigenvalue weighted by molar-refractivity contribution is -0.138. The second-order valence-electron chi connectivity index (χ2n) is 8.02. The highest BCUT2D eigenvalue weighted by Gasteiger charge is 2.26. The van der Waals surface area contributed by atoms with Crippen molar-refractivity contribution < 1.29 is 17.9 Å². The Balaban J connectivity index is 1.57. The molecule has 0 N–H and O–H groups in total. The number of rotatable bonds is 6. The van der Waals surface area contributed by atoms with Crippen LogP contribution in [-0.2, 0) is 14.8 Å². The Bertz CT molecular complexity index is 1030. The van der Waals surface area contributed by atoms with Gasteiger partial charge in [0.1, 0.15) is 5.75 Å². The van der Waals surface area contributed by atoms with Crippen LogP contribution in [0.4, 0.5) is 11.4 Å². The van der Waals surface area contributed by atoms with Gasteiger partial charge in [0.05, 0.1) is 11.9 Å². The van der Waals surface area contributed by atoms with Crippen LogP contribution in [0.1, 0.15) is 18.1 Å². The molecule has 1 atom stereocenters. The molecule has 1 aliphatic heterocycles. The van der Waals surface area contributed by atoms with Gasteiger partial charge in [-0.1, -0.05) is 12.1 Å². The van der Waals surface area contributed by atoms with Crippen LogP contribution in [0.2, 0.25) is 0 Å². The van der Waals surface area contributed by atoms with Crippen molar-refractivity contribution in [2.75, 3.05) is 48.7 Å². The third kappa shape index (κ3) is 5.31. The number of hydrogen-bond donors (Lipinski definition) is 0. The predicted octanol–water partition coefficient (Wildman–Crippen LogP) is 2.82. The number of hydrogen-bond acceptors (Lipinski definition) is 5. The molecule has 1 aliphatic rings. The summed E-state index contributed by atoms with van der Waals surface area (Å²) in [4.78, 5) is 17.0. The monoisotopic (exact) mass is 445 g/mol. The molecule has 8 heteroatoms. The zero-order chi connectivity index (χ0) is 22.8. The van der Waals surface area contributed by atoms with Crippen LogP contribution in [0.5, 0.6) is 5.75 Å². The van der Waals surface area contributed by atoms with E-state index in [1.165, 1.54) is 28.2 Å². The topological polar surface area (TPSA) is 70.2 Å². The molecular formula is C23H31N3O4S. The number of sulfonamides is 1. The summed E-state index contributed by atoms with van der Waals surface area (Å²) in [6.45, 7) is 8.87. The van der Waals surface area contributed by atoms with E-state index >= 15 is 0 Å². The normalized spacial score (nSPS) is 15.5. The molecule has 0 spiro atoms. The van der Waals surface area contributed by atoms with Crippen LogP contribution in [0.15, 0.2) is 42.5 Å². The van der Waals surface area contributed by atoms with E-state index in [1.807, 2.05) is 4.90 Å². The third-order valence-electron chi connectivity index (χ3n) is 5.87. The Morgan fingerprint density at radius 2 is 1.65 bits per heavy atom. The Hall–Kier alpha value is -2.74. The van der Waals surface area contributed by atoms with Gasteiger partial charge in [0.25, 0.3) is 5.91 Å². The number of benzene rings is 2. The number of amides is 1. The molecule has 2 aromatic carbocycles. The van der Waals surface area contributed by atoms with Crippen molar-refractivity contribution in [3.63, 3.8) is 0 Å². The van der Waals surface area contributed by atoms with Gasteiger partial charge in [-0.2, -0.15) is 0 Å². The number of piperazine rings is 1. The zero-order valence-electron chi connectivity index (χ0n) is 18.8. The van der Waals surface area contributed by atoms with E-state index in [1.54, 1.807) is 31.2 Å². The lowest BCUT2D eigenvalue weighted by Crippen LogP contribution is -2.52. The van der Waals surface area contributed by atoms with Gasteiger partial charge in [0.15, 0.2) is 6.10 Å². The SMILES string of the molecule is Cc1cccc(N2CCN(C(=O)[C@@H](C)Oc3ccc(N(C)S(C)(=O)=O)cc3)CC2)c1C. The summed E-state index contributed by atoms with van der Waals surface area (Å²) in [7, 11) is -1.83. The van der Waals surface area contributed by atoms with Gasteiger partial charge in [0, 0.05) is 38.9 Å². The minimum Gasteiger partial charge on any atom is -0.481 e. The fourth-order valence-electron chi connectivity index (χ4n) is 3.68. The second-order valence-corrected chi connectivity index (χ2v) is 10.0. The van der Waals surface area contributed by atoms with Crippen molar-refractivity contribution >= 4 is 27.3 Å². The summed E-state index contributed by atoms with van der Waals surface area (Å²) in [6, 6.07) is 13.0. The number of carbonyl (C=O) groups is 1. The highest BCUT2D eigenvalue weighted by Crippen LogP contribution is 2.25. The smallest absolute Gasteiger partial charge is 0.263 e. The number of aryl methyl sites for hydroxylation is 1. The fourth-order valence-corrected chi connectivity index (χ4v) is 4.19. The summed E-state index contributed by atoms with van der Waals surface area (Å²) in [6.07, 6.45) is 0.531. The van der Waals surface area contributed by atoms with Gasteiger partial charge in [-0.15, -0.1) is 0 Å².